The van der Waals surface area contributed by atoms with Crippen molar-refractivity contribution in [3.63, 3.8) is 0 Å². The van der Waals surface area contributed by atoms with E-state index in [0.29, 0.717) is 16.0 Å². The monoisotopic (exact) mass is 308 g/mol. The van der Waals surface area contributed by atoms with E-state index in [2.05, 4.69) is 9.97 Å². The molecule has 0 aliphatic heterocycles. The van der Waals surface area contributed by atoms with E-state index in [1.807, 2.05) is 6.92 Å². The Balaban J connectivity index is 2.33. The van der Waals surface area contributed by atoms with E-state index in [1.165, 1.54) is 23.5 Å². The van der Waals surface area contributed by atoms with Gasteiger partial charge < -0.3 is 4.98 Å². The number of nitrogens with one attached hydrogen (secondary N) is 1. The number of benzene rings is 1. The van der Waals surface area contributed by atoms with E-state index in [1.54, 1.807) is 12.1 Å². The lowest BCUT2D eigenvalue weighted by Crippen LogP contribution is -2.10. The molecular formula is C14H10ClFN2OS. The summed E-state index contributed by atoms with van der Waals surface area (Å²) < 4.78 is 13.0. The van der Waals surface area contributed by atoms with Crippen LogP contribution in [0.1, 0.15) is 10.7 Å². The van der Waals surface area contributed by atoms with Crippen molar-refractivity contribution in [2.75, 3.05) is 0 Å². The summed E-state index contributed by atoms with van der Waals surface area (Å²) in [5.74, 6) is 0.312. The quantitative estimate of drug-likeness (QED) is 0.731. The van der Waals surface area contributed by atoms with E-state index >= 15 is 0 Å². The van der Waals surface area contributed by atoms with Crippen molar-refractivity contribution in [3.8, 4) is 11.1 Å². The second-order valence-electron chi connectivity index (χ2n) is 4.37. The van der Waals surface area contributed by atoms with Crippen LogP contribution in [0.15, 0.2) is 29.1 Å². The number of aryl methyl sites for hydroxylation is 1. The Morgan fingerprint density at radius 3 is 2.70 bits per heavy atom. The molecular weight excluding hydrogens is 299 g/mol. The lowest BCUT2D eigenvalue weighted by molar-refractivity contribution is 0.628. The maximum Gasteiger partial charge on any atom is 0.260 e. The number of nitrogens with zero attached hydrogens (tertiary/aromatic N) is 1. The Bertz CT molecular complexity index is 839. The largest absolute Gasteiger partial charge is 0.309 e. The molecule has 0 atom stereocenters. The van der Waals surface area contributed by atoms with Crippen molar-refractivity contribution < 1.29 is 4.39 Å². The van der Waals surface area contributed by atoms with Crippen molar-refractivity contribution in [1.82, 2.24) is 9.97 Å². The predicted octanol–water partition coefficient (Wildman–Crippen LogP) is 3.84. The third-order valence-corrected chi connectivity index (χ3v) is 4.30. The minimum absolute atomic E-state index is 0.161. The number of hydrogen-bond acceptors (Lipinski definition) is 3. The van der Waals surface area contributed by atoms with Gasteiger partial charge in [0.05, 0.1) is 11.3 Å². The topological polar surface area (TPSA) is 45.8 Å². The van der Waals surface area contributed by atoms with Gasteiger partial charge in [0, 0.05) is 10.4 Å². The molecule has 0 amide bonds. The Kier molecular flexibility index (Phi) is 3.31. The molecule has 6 heteroatoms. The van der Waals surface area contributed by atoms with E-state index in [4.69, 9.17) is 11.6 Å². The molecule has 1 N–H and O–H groups in total. The normalized spacial score (nSPS) is 11.2. The Morgan fingerprint density at radius 2 is 2.05 bits per heavy atom. The maximum absolute atomic E-state index is 13.0. The first-order chi connectivity index (χ1) is 9.60. The molecule has 2 aromatic heterocycles. The molecule has 0 saturated carbocycles. The number of H-pyrrole nitrogens is 1. The Labute approximate surface area is 123 Å². The molecule has 0 saturated heterocycles. The van der Waals surface area contributed by atoms with E-state index < -0.39 is 0 Å². The zero-order valence-corrected chi connectivity index (χ0v) is 12.1. The predicted molar refractivity (Wildman–Crippen MR) is 79.9 cm³/mol. The van der Waals surface area contributed by atoms with E-state index in [-0.39, 0.29) is 17.3 Å². The first kappa shape index (κ1) is 13.3. The summed E-state index contributed by atoms with van der Waals surface area (Å²) >= 11 is 7.15. The number of alkyl halides is 1. The minimum Gasteiger partial charge on any atom is -0.309 e. The van der Waals surface area contributed by atoms with Gasteiger partial charge in [-0.25, -0.2) is 9.37 Å². The highest BCUT2D eigenvalue weighted by Gasteiger charge is 2.16. The molecule has 0 spiro atoms. The molecule has 3 rings (SSSR count). The minimum atomic E-state index is -0.303. The number of fused-ring (bicyclic) bond motifs is 1. The van der Waals surface area contributed by atoms with Gasteiger partial charge in [-0.2, -0.15) is 0 Å². The van der Waals surface area contributed by atoms with Crippen LogP contribution in [-0.2, 0) is 5.88 Å². The highest BCUT2D eigenvalue weighted by molar-refractivity contribution is 7.19. The highest BCUT2D eigenvalue weighted by Crippen LogP contribution is 2.35. The molecule has 3 nitrogen and oxygen atoms in total. The molecule has 0 aliphatic carbocycles. The average molecular weight is 309 g/mol. The second-order valence-corrected chi connectivity index (χ2v) is 5.84. The number of halogens is 2. The van der Waals surface area contributed by atoms with Gasteiger partial charge in [0.1, 0.15) is 16.5 Å². The fraction of sp³-hybridized carbons (Fsp3) is 0.143. The summed E-state index contributed by atoms with van der Waals surface area (Å²) in [6.45, 7) is 1.92. The van der Waals surface area contributed by atoms with Crippen LogP contribution in [0.3, 0.4) is 0 Å². The summed E-state index contributed by atoms with van der Waals surface area (Å²) in [5.41, 5.74) is 1.40. The first-order valence-electron chi connectivity index (χ1n) is 5.94. The lowest BCUT2D eigenvalue weighted by atomic mass is 10.0. The van der Waals surface area contributed by atoms with Crippen LogP contribution in [0.5, 0.6) is 0 Å². The molecule has 0 aliphatic rings. The SMILES string of the molecule is Cc1sc2nc(CCl)[nH]c(=O)c2c1-c1ccc(F)cc1. The highest BCUT2D eigenvalue weighted by atomic mass is 35.5. The third kappa shape index (κ3) is 2.13. The van der Waals surface area contributed by atoms with Gasteiger partial charge in [-0.1, -0.05) is 12.1 Å². The molecule has 0 unspecified atom stereocenters. The summed E-state index contributed by atoms with van der Waals surface area (Å²) in [4.78, 5) is 20.8. The maximum atomic E-state index is 13.0. The van der Waals surface area contributed by atoms with Crippen LogP contribution >= 0.6 is 22.9 Å². The molecule has 20 heavy (non-hydrogen) atoms. The van der Waals surface area contributed by atoms with Crippen LogP contribution in [0.2, 0.25) is 0 Å². The second kappa shape index (κ2) is 5.00. The molecule has 2 heterocycles. The van der Waals surface area contributed by atoms with Gasteiger partial charge in [0.2, 0.25) is 0 Å². The number of hydrogen-bond donors (Lipinski definition) is 1. The van der Waals surface area contributed by atoms with Gasteiger partial charge in [-0.15, -0.1) is 22.9 Å². The van der Waals surface area contributed by atoms with Crippen molar-refractivity contribution in [2.45, 2.75) is 12.8 Å². The summed E-state index contributed by atoms with van der Waals surface area (Å²) in [6.07, 6.45) is 0. The fourth-order valence-corrected chi connectivity index (χ4v) is 3.38. The third-order valence-electron chi connectivity index (χ3n) is 3.05. The molecule has 0 bridgehead atoms. The average Bonchev–Trinajstić information content (AvgIpc) is 2.76. The van der Waals surface area contributed by atoms with E-state index in [0.717, 1.165) is 16.0 Å². The van der Waals surface area contributed by atoms with Crippen LogP contribution in [0.25, 0.3) is 21.3 Å². The smallest absolute Gasteiger partial charge is 0.260 e. The van der Waals surface area contributed by atoms with E-state index in [9.17, 15) is 9.18 Å². The zero-order chi connectivity index (χ0) is 14.3. The van der Waals surface area contributed by atoms with Crippen LogP contribution in [0, 0.1) is 12.7 Å². The number of rotatable bonds is 2. The number of aromatic nitrogens is 2. The zero-order valence-electron chi connectivity index (χ0n) is 10.5. The van der Waals surface area contributed by atoms with Gasteiger partial charge in [-0.05, 0) is 24.6 Å². The molecule has 3 aromatic rings. The van der Waals surface area contributed by atoms with Crippen molar-refractivity contribution >= 4 is 33.2 Å². The van der Waals surface area contributed by atoms with Gasteiger partial charge in [0.15, 0.2) is 0 Å². The standard InChI is InChI=1S/C14H10ClFN2OS/c1-7-11(8-2-4-9(16)5-3-8)12-13(19)17-10(6-15)18-14(12)20-7/h2-5H,6H2,1H3,(H,17,18,19). The number of thiophene rings is 1. The number of aromatic amines is 1. The van der Waals surface area contributed by atoms with Crippen molar-refractivity contribution in [3.05, 3.63) is 51.1 Å². The molecule has 0 fully saturated rings. The van der Waals surface area contributed by atoms with Crippen LogP contribution in [-0.4, -0.2) is 9.97 Å². The molecule has 1 aromatic carbocycles. The molecule has 0 radical (unpaired) electrons. The molecule has 102 valence electrons. The Hall–Kier alpha value is -1.72. The van der Waals surface area contributed by atoms with Crippen LogP contribution in [0.4, 0.5) is 4.39 Å². The Morgan fingerprint density at radius 1 is 1.35 bits per heavy atom. The fourth-order valence-electron chi connectivity index (χ4n) is 2.19. The van der Waals surface area contributed by atoms with Gasteiger partial charge >= 0.3 is 0 Å². The summed E-state index contributed by atoms with van der Waals surface area (Å²) in [7, 11) is 0. The lowest BCUT2D eigenvalue weighted by Gasteiger charge is -2.02. The van der Waals surface area contributed by atoms with Crippen LogP contribution < -0.4 is 5.56 Å². The summed E-state index contributed by atoms with van der Waals surface area (Å²) in [6, 6.07) is 6.09. The first-order valence-corrected chi connectivity index (χ1v) is 7.29. The van der Waals surface area contributed by atoms with Gasteiger partial charge in [-0.3, -0.25) is 4.79 Å². The summed E-state index contributed by atoms with van der Waals surface area (Å²) in [5, 5.41) is 0.535. The van der Waals surface area contributed by atoms with Gasteiger partial charge in [0.25, 0.3) is 5.56 Å². The van der Waals surface area contributed by atoms with Crippen molar-refractivity contribution in [2.24, 2.45) is 0 Å². The van der Waals surface area contributed by atoms with Crippen molar-refractivity contribution in [1.29, 1.82) is 0 Å².